The van der Waals surface area contributed by atoms with Crippen LogP contribution in [0.4, 0.5) is 11.4 Å². The quantitative estimate of drug-likeness (QED) is 0.772. The summed E-state index contributed by atoms with van der Waals surface area (Å²) in [6.07, 6.45) is 1.67. The summed E-state index contributed by atoms with van der Waals surface area (Å²) in [6.45, 7) is 2.14. The van der Waals surface area contributed by atoms with E-state index in [9.17, 15) is 9.59 Å². The maximum absolute atomic E-state index is 12.1. The summed E-state index contributed by atoms with van der Waals surface area (Å²) < 4.78 is 5.53. The van der Waals surface area contributed by atoms with Crippen molar-refractivity contribution in [3.8, 4) is 5.75 Å². The fourth-order valence-electron chi connectivity index (χ4n) is 2.60. The molecule has 2 aromatic rings. The molecule has 3 rings (SSSR count). The molecular weight excluding hydrogens is 389 g/mol. The fraction of sp³-hybridized carbons (Fsp3) is 0.211. The molecule has 8 heteroatoms. The number of fused-ring (bicyclic) bond motifs is 1. The molecule has 1 aliphatic heterocycles. The molecule has 140 valence electrons. The largest absolute Gasteiger partial charge is 0.481 e. The Hall–Kier alpha value is -2.57. The fourth-order valence-corrected chi connectivity index (χ4v) is 2.91. The highest BCUT2D eigenvalue weighted by Crippen LogP contribution is 2.35. The third-order valence-electron chi connectivity index (χ3n) is 3.90. The van der Waals surface area contributed by atoms with Crippen LogP contribution < -0.4 is 15.0 Å². The van der Waals surface area contributed by atoms with Crippen LogP contribution in [0.5, 0.6) is 5.75 Å². The van der Waals surface area contributed by atoms with Crippen LogP contribution in [0.25, 0.3) is 0 Å². The molecule has 2 amide bonds. The molecule has 2 aromatic carbocycles. The third-order valence-corrected chi connectivity index (χ3v) is 4.64. The van der Waals surface area contributed by atoms with E-state index < -0.39 is 0 Å². The van der Waals surface area contributed by atoms with Gasteiger partial charge in [0.05, 0.1) is 21.4 Å². The van der Waals surface area contributed by atoms with Crippen LogP contribution in [0, 0.1) is 0 Å². The number of hydrogen-bond acceptors (Lipinski definition) is 4. The second-order valence-electron chi connectivity index (χ2n) is 5.90. The number of benzene rings is 2. The SMILES string of the molecule is CC(=O)NCCN1C(=O)COc2cc(N=Cc3ccc(Cl)c(Cl)c3)ccc21. The van der Waals surface area contributed by atoms with Crippen molar-refractivity contribution in [2.24, 2.45) is 4.99 Å². The van der Waals surface area contributed by atoms with E-state index in [4.69, 9.17) is 27.9 Å². The van der Waals surface area contributed by atoms with Gasteiger partial charge >= 0.3 is 0 Å². The number of rotatable bonds is 5. The van der Waals surface area contributed by atoms with Gasteiger partial charge in [-0.1, -0.05) is 29.3 Å². The first-order valence-corrected chi connectivity index (χ1v) is 9.00. The first kappa shape index (κ1) is 19.2. The zero-order valence-corrected chi connectivity index (χ0v) is 16.0. The van der Waals surface area contributed by atoms with Crippen LogP contribution in [0.1, 0.15) is 12.5 Å². The summed E-state index contributed by atoms with van der Waals surface area (Å²) in [6, 6.07) is 10.6. The number of anilines is 1. The van der Waals surface area contributed by atoms with Crippen molar-refractivity contribution in [3.05, 3.63) is 52.0 Å². The lowest BCUT2D eigenvalue weighted by atomic mass is 10.2. The summed E-state index contributed by atoms with van der Waals surface area (Å²) in [5.74, 6) is 0.282. The summed E-state index contributed by atoms with van der Waals surface area (Å²) in [5.41, 5.74) is 2.15. The Morgan fingerprint density at radius 1 is 1.26 bits per heavy atom. The van der Waals surface area contributed by atoms with Crippen molar-refractivity contribution < 1.29 is 14.3 Å². The number of halogens is 2. The third kappa shape index (κ3) is 4.78. The molecule has 6 nitrogen and oxygen atoms in total. The number of carbonyl (C=O) groups is 2. The van der Waals surface area contributed by atoms with Gasteiger partial charge in [0.2, 0.25) is 5.91 Å². The normalized spacial score (nSPS) is 13.4. The van der Waals surface area contributed by atoms with Gasteiger partial charge in [0.25, 0.3) is 5.91 Å². The maximum atomic E-state index is 12.1. The van der Waals surface area contributed by atoms with Gasteiger partial charge in [-0.15, -0.1) is 0 Å². The molecule has 0 atom stereocenters. The van der Waals surface area contributed by atoms with E-state index in [0.717, 1.165) is 5.56 Å². The zero-order valence-electron chi connectivity index (χ0n) is 14.5. The van der Waals surface area contributed by atoms with E-state index in [1.54, 1.807) is 41.4 Å². The van der Waals surface area contributed by atoms with Gasteiger partial charge in [-0.05, 0) is 29.8 Å². The van der Waals surface area contributed by atoms with Gasteiger partial charge < -0.3 is 15.0 Å². The van der Waals surface area contributed by atoms with E-state index in [0.29, 0.717) is 40.3 Å². The van der Waals surface area contributed by atoms with Crippen molar-refractivity contribution in [2.75, 3.05) is 24.6 Å². The van der Waals surface area contributed by atoms with Gasteiger partial charge in [0.1, 0.15) is 5.75 Å². The number of aliphatic imine (C=N–C) groups is 1. The number of hydrogen-bond donors (Lipinski definition) is 1. The first-order chi connectivity index (χ1) is 12.9. The topological polar surface area (TPSA) is 71.0 Å². The van der Waals surface area contributed by atoms with Crippen molar-refractivity contribution in [3.63, 3.8) is 0 Å². The number of nitrogens with zero attached hydrogens (tertiary/aromatic N) is 2. The standard InChI is InChI=1S/C19H17Cl2N3O3/c1-12(25)22-6-7-24-17-5-3-14(9-18(17)27-11-19(24)26)23-10-13-2-4-15(20)16(21)8-13/h2-5,8-10H,6-7,11H2,1H3,(H,22,25). The molecule has 0 saturated heterocycles. The van der Waals surface area contributed by atoms with Crippen LogP contribution in [0.15, 0.2) is 41.4 Å². The molecule has 0 fully saturated rings. The molecule has 0 saturated carbocycles. The Labute approximate surface area is 166 Å². The smallest absolute Gasteiger partial charge is 0.265 e. The van der Waals surface area contributed by atoms with E-state index in [1.165, 1.54) is 6.92 Å². The Morgan fingerprint density at radius 2 is 2.07 bits per heavy atom. The summed E-state index contributed by atoms with van der Waals surface area (Å²) in [5, 5.41) is 3.63. The number of carbonyl (C=O) groups excluding carboxylic acids is 2. The van der Waals surface area contributed by atoms with Crippen molar-refractivity contribution in [2.45, 2.75) is 6.92 Å². The van der Waals surface area contributed by atoms with E-state index in [2.05, 4.69) is 10.3 Å². The van der Waals surface area contributed by atoms with E-state index in [1.807, 2.05) is 6.07 Å². The van der Waals surface area contributed by atoms with Crippen LogP contribution in [0.2, 0.25) is 10.0 Å². The lowest BCUT2D eigenvalue weighted by Gasteiger charge is -2.29. The molecule has 0 bridgehead atoms. The highest BCUT2D eigenvalue weighted by atomic mass is 35.5. The molecule has 1 heterocycles. The van der Waals surface area contributed by atoms with Crippen LogP contribution in [0.3, 0.4) is 0 Å². The van der Waals surface area contributed by atoms with E-state index in [-0.39, 0.29) is 18.4 Å². The van der Waals surface area contributed by atoms with Crippen LogP contribution in [-0.4, -0.2) is 37.7 Å². The van der Waals surface area contributed by atoms with Crippen LogP contribution in [-0.2, 0) is 9.59 Å². The maximum Gasteiger partial charge on any atom is 0.265 e. The van der Waals surface area contributed by atoms with Crippen molar-refractivity contribution in [1.82, 2.24) is 5.32 Å². The summed E-state index contributed by atoms with van der Waals surface area (Å²) in [4.78, 5) is 29.2. The molecule has 1 aliphatic rings. The van der Waals surface area contributed by atoms with E-state index >= 15 is 0 Å². The minimum Gasteiger partial charge on any atom is -0.481 e. The number of nitrogens with one attached hydrogen (secondary N) is 1. The Balaban J connectivity index is 1.77. The van der Waals surface area contributed by atoms with Crippen molar-refractivity contribution in [1.29, 1.82) is 0 Å². The molecule has 0 radical (unpaired) electrons. The predicted octanol–water partition coefficient (Wildman–Crippen LogP) is 3.61. The average molecular weight is 406 g/mol. The highest BCUT2D eigenvalue weighted by molar-refractivity contribution is 6.42. The molecule has 0 unspecified atom stereocenters. The summed E-state index contributed by atoms with van der Waals surface area (Å²) in [7, 11) is 0. The minimum atomic E-state index is -0.153. The molecule has 27 heavy (non-hydrogen) atoms. The Bertz CT molecular complexity index is 915. The van der Waals surface area contributed by atoms with Gasteiger partial charge in [-0.2, -0.15) is 0 Å². The van der Waals surface area contributed by atoms with Gasteiger partial charge in [0, 0.05) is 32.3 Å². The number of ether oxygens (including phenoxy) is 1. The van der Waals surface area contributed by atoms with Gasteiger partial charge in [-0.25, -0.2) is 0 Å². The molecular formula is C19H17Cl2N3O3. The van der Waals surface area contributed by atoms with Crippen LogP contribution >= 0.6 is 23.2 Å². The Morgan fingerprint density at radius 3 is 2.81 bits per heavy atom. The highest BCUT2D eigenvalue weighted by Gasteiger charge is 2.25. The first-order valence-electron chi connectivity index (χ1n) is 8.25. The lowest BCUT2D eigenvalue weighted by Crippen LogP contribution is -2.43. The van der Waals surface area contributed by atoms with Crippen molar-refractivity contribution >= 4 is 52.6 Å². The molecule has 1 N–H and O–H groups in total. The summed E-state index contributed by atoms with van der Waals surface area (Å²) >= 11 is 11.9. The molecule has 0 aliphatic carbocycles. The predicted molar refractivity (Wildman–Crippen MR) is 107 cm³/mol. The zero-order chi connectivity index (χ0) is 19.4. The molecule has 0 aromatic heterocycles. The lowest BCUT2D eigenvalue weighted by molar-refractivity contribution is -0.122. The van der Waals surface area contributed by atoms with Gasteiger partial charge in [-0.3, -0.25) is 14.6 Å². The average Bonchev–Trinajstić information content (AvgIpc) is 2.64. The monoisotopic (exact) mass is 405 g/mol. The second kappa shape index (κ2) is 8.41. The van der Waals surface area contributed by atoms with Gasteiger partial charge in [0.15, 0.2) is 6.61 Å². The molecule has 0 spiro atoms. The number of amides is 2. The minimum absolute atomic E-state index is 0.0486. The Kier molecular flexibility index (Phi) is 5.98. The second-order valence-corrected chi connectivity index (χ2v) is 6.72.